The minimum absolute atomic E-state index is 0.0238. The molecule has 0 unspecified atom stereocenters. The number of hydrogen-bond donors (Lipinski definition) is 4. The second-order valence-corrected chi connectivity index (χ2v) is 3.19. The van der Waals surface area contributed by atoms with Gasteiger partial charge >= 0.3 is 5.97 Å². The van der Waals surface area contributed by atoms with Gasteiger partial charge in [0.1, 0.15) is 12.2 Å². The van der Waals surface area contributed by atoms with Crippen LogP contribution in [0.3, 0.4) is 0 Å². The first-order chi connectivity index (χ1) is 7.45. The lowest BCUT2D eigenvalue weighted by atomic mass is 10.1. The summed E-state index contributed by atoms with van der Waals surface area (Å²) in [7, 11) is 0. The fourth-order valence-corrected chi connectivity index (χ4v) is 0.860. The van der Waals surface area contributed by atoms with Crippen LogP contribution in [0.1, 0.15) is 13.3 Å². The second kappa shape index (κ2) is 7.29. The van der Waals surface area contributed by atoms with E-state index in [0.29, 0.717) is 6.42 Å². The Morgan fingerprint density at radius 1 is 1.25 bits per heavy atom. The summed E-state index contributed by atoms with van der Waals surface area (Å²) in [4.78, 5) is 22.1. The zero-order valence-corrected chi connectivity index (χ0v) is 8.87. The third-order valence-electron chi connectivity index (χ3n) is 1.81. The molecule has 0 amide bonds. The summed E-state index contributed by atoms with van der Waals surface area (Å²) in [6.07, 6.45) is -5.21. The molecule has 0 saturated carbocycles. The van der Waals surface area contributed by atoms with Gasteiger partial charge in [-0.1, -0.05) is 6.92 Å². The van der Waals surface area contributed by atoms with Crippen LogP contribution in [0.25, 0.3) is 0 Å². The highest BCUT2D eigenvalue weighted by molar-refractivity contribution is 6.35. The Bertz CT molecular complexity index is 240. The predicted molar refractivity (Wildman–Crippen MR) is 51.4 cm³/mol. The molecule has 16 heavy (non-hydrogen) atoms. The van der Waals surface area contributed by atoms with Crippen molar-refractivity contribution in [3.8, 4) is 0 Å². The maximum absolute atomic E-state index is 11.1. The predicted octanol–water partition coefficient (Wildman–Crippen LogP) is -2.42. The Morgan fingerprint density at radius 3 is 2.25 bits per heavy atom. The standard InChI is InChI=1S/C9H16O7/c1-2-3-16-9(15)8(14)7(13)6(12)5(11)4-10/h5-7,10-13H,2-4H2,1H3/t5-,6+,7+/m0/s1. The first-order valence-corrected chi connectivity index (χ1v) is 4.81. The lowest BCUT2D eigenvalue weighted by molar-refractivity contribution is -0.163. The van der Waals surface area contributed by atoms with E-state index in [0.717, 1.165) is 0 Å². The van der Waals surface area contributed by atoms with Gasteiger partial charge in [-0.15, -0.1) is 0 Å². The highest BCUT2D eigenvalue weighted by Crippen LogP contribution is 2.02. The Kier molecular flexibility index (Phi) is 6.82. The summed E-state index contributed by atoms with van der Waals surface area (Å²) < 4.78 is 4.43. The van der Waals surface area contributed by atoms with Gasteiger partial charge in [-0.25, -0.2) is 4.79 Å². The number of rotatable bonds is 7. The number of ether oxygens (including phenoxy) is 1. The zero-order chi connectivity index (χ0) is 12.7. The molecule has 0 aliphatic heterocycles. The molecule has 7 heteroatoms. The highest BCUT2D eigenvalue weighted by Gasteiger charge is 2.34. The number of Topliss-reactive ketones (excluding diaryl/α,β-unsaturated/α-hetero) is 1. The molecule has 0 saturated heterocycles. The Morgan fingerprint density at radius 2 is 1.81 bits per heavy atom. The van der Waals surface area contributed by atoms with Crippen LogP contribution < -0.4 is 0 Å². The number of hydrogen-bond acceptors (Lipinski definition) is 7. The van der Waals surface area contributed by atoms with Crippen LogP contribution in [0.5, 0.6) is 0 Å². The molecule has 3 atom stereocenters. The average Bonchev–Trinajstić information content (AvgIpc) is 2.31. The maximum Gasteiger partial charge on any atom is 0.377 e. The lowest BCUT2D eigenvalue weighted by Gasteiger charge is -2.19. The van der Waals surface area contributed by atoms with Crippen molar-refractivity contribution in [2.75, 3.05) is 13.2 Å². The van der Waals surface area contributed by atoms with Crippen LogP contribution in [0.15, 0.2) is 0 Å². The molecule has 0 aromatic rings. The number of ketones is 1. The van der Waals surface area contributed by atoms with E-state index in [4.69, 9.17) is 15.3 Å². The van der Waals surface area contributed by atoms with Crippen LogP contribution >= 0.6 is 0 Å². The van der Waals surface area contributed by atoms with Crippen LogP contribution in [-0.4, -0.2) is 63.7 Å². The first kappa shape index (κ1) is 15.0. The van der Waals surface area contributed by atoms with E-state index in [-0.39, 0.29) is 6.61 Å². The molecule has 0 radical (unpaired) electrons. The molecule has 0 aliphatic carbocycles. The largest absolute Gasteiger partial charge is 0.460 e. The molecular weight excluding hydrogens is 220 g/mol. The van der Waals surface area contributed by atoms with Gasteiger partial charge in [0.05, 0.1) is 13.2 Å². The fourth-order valence-electron chi connectivity index (χ4n) is 0.860. The smallest absolute Gasteiger partial charge is 0.377 e. The van der Waals surface area contributed by atoms with Gasteiger partial charge in [-0.3, -0.25) is 4.79 Å². The molecule has 0 fully saturated rings. The normalized spacial score (nSPS) is 16.3. The fraction of sp³-hybridized carbons (Fsp3) is 0.778. The van der Waals surface area contributed by atoms with E-state index < -0.39 is 36.7 Å². The third kappa shape index (κ3) is 4.23. The van der Waals surface area contributed by atoms with E-state index in [1.54, 1.807) is 6.92 Å². The molecule has 0 aromatic heterocycles. The van der Waals surface area contributed by atoms with Gasteiger partial charge in [0.25, 0.3) is 5.78 Å². The number of carbonyl (C=O) groups is 2. The van der Waals surface area contributed by atoms with Gasteiger partial charge in [0, 0.05) is 0 Å². The Hall–Kier alpha value is -1.02. The quantitative estimate of drug-likeness (QED) is 0.286. The van der Waals surface area contributed by atoms with Crippen molar-refractivity contribution in [3.05, 3.63) is 0 Å². The van der Waals surface area contributed by atoms with E-state index in [1.165, 1.54) is 0 Å². The van der Waals surface area contributed by atoms with E-state index in [9.17, 15) is 14.7 Å². The third-order valence-corrected chi connectivity index (χ3v) is 1.81. The van der Waals surface area contributed by atoms with Crippen molar-refractivity contribution in [2.45, 2.75) is 31.7 Å². The van der Waals surface area contributed by atoms with Gasteiger partial charge in [-0.2, -0.15) is 0 Å². The van der Waals surface area contributed by atoms with Crippen molar-refractivity contribution in [2.24, 2.45) is 0 Å². The van der Waals surface area contributed by atoms with Crippen LogP contribution in [-0.2, 0) is 14.3 Å². The van der Waals surface area contributed by atoms with E-state index in [1.807, 2.05) is 0 Å². The first-order valence-electron chi connectivity index (χ1n) is 4.81. The number of aliphatic hydroxyl groups excluding tert-OH is 4. The van der Waals surface area contributed by atoms with Crippen molar-refractivity contribution < 1.29 is 34.8 Å². The molecule has 0 aliphatic rings. The monoisotopic (exact) mass is 236 g/mol. The Labute approximate surface area is 92.3 Å². The summed E-state index contributed by atoms with van der Waals surface area (Å²) in [5, 5.41) is 35.7. The molecule has 4 N–H and O–H groups in total. The molecular formula is C9H16O7. The summed E-state index contributed by atoms with van der Waals surface area (Å²) in [5.74, 6) is -2.63. The highest BCUT2D eigenvalue weighted by atomic mass is 16.5. The van der Waals surface area contributed by atoms with Crippen molar-refractivity contribution in [1.82, 2.24) is 0 Å². The summed E-state index contributed by atoms with van der Waals surface area (Å²) in [6, 6.07) is 0. The number of esters is 1. The zero-order valence-electron chi connectivity index (χ0n) is 8.87. The lowest BCUT2D eigenvalue weighted by Crippen LogP contribution is -2.46. The summed E-state index contributed by atoms with van der Waals surface area (Å²) in [6.45, 7) is 0.907. The second-order valence-electron chi connectivity index (χ2n) is 3.19. The minimum atomic E-state index is -2.11. The molecule has 94 valence electrons. The molecule has 0 heterocycles. The van der Waals surface area contributed by atoms with E-state index >= 15 is 0 Å². The Balaban J connectivity index is 4.31. The molecule has 0 aromatic carbocycles. The summed E-state index contributed by atoms with van der Waals surface area (Å²) >= 11 is 0. The molecule has 7 nitrogen and oxygen atoms in total. The van der Waals surface area contributed by atoms with Gasteiger partial charge in [0.15, 0.2) is 6.10 Å². The number of carbonyl (C=O) groups excluding carboxylic acids is 2. The number of aliphatic hydroxyl groups is 4. The SMILES string of the molecule is CCCOC(=O)C(=O)[C@H](O)[C@H](O)[C@@H](O)CO. The van der Waals surface area contributed by atoms with Crippen LogP contribution in [0.4, 0.5) is 0 Å². The van der Waals surface area contributed by atoms with Crippen molar-refractivity contribution in [3.63, 3.8) is 0 Å². The van der Waals surface area contributed by atoms with Gasteiger partial charge in [-0.05, 0) is 6.42 Å². The van der Waals surface area contributed by atoms with Crippen molar-refractivity contribution in [1.29, 1.82) is 0 Å². The van der Waals surface area contributed by atoms with Crippen LogP contribution in [0, 0.1) is 0 Å². The van der Waals surface area contributed by atoms with E-state index in [2.05, 4.69) is 4.74 Å². The van der Waals surface area contributed by atoms with Gasteiger partial charge < -0.3 is 25.2 Å². The summed E-state index contributed by atoms with van der Waals surface area (Å²) in [5.41, 5.74) is 0. The van der Waals surface area contributed by atoms with Gasteiger partial charge in [0.2, 0.25) is 0 Å². The van der Waals surface area contributed by atoms with Crippen molar-refractivity contribution >= 4 is 11.8 Å². The van der Waals surface area contributed by atoms with Crippen LogP contribution in [0.2, 0.25) is 0 Å². The maximum atomic E-state index is 11.1. The molecule has 0 bridgehead atoms. The minimum Gasteiger partial charge on any atom is -0.460 e. The average molecular weight is 236 g/mol. The molecule has 0 rings (SSSR count). The molecule has 0 spiro atoms. The topological polar surface area (TPSA) is 124 Å².